The zero-order valence-electron chi connectivity index (χ0n) is 21.7. The van der Waals surface area contributed by atoms with E-state index >= 15 is 0 Å². The van der Waals surface area contributed by atoms with Gasteiger partial charge in [-0.15, -0.1) is 5.10 Å². The molecule has 0 aliphatic carbocycles. The second kappa shape index (κ2) is 11.2. The van der Waals surface area contributed by atoms with Gasteiger partial charge in [0.15, 0.2) is 5.82 Å². The molecule has 1 aliphatic heterocycles. The van der Waals surface area contributed by atoms with Crippen molar-refractivity contribution >= 4 is 10.9 Å². The molecule has 1 aliphatic rings. The number of rotatable bonds is 10. The number of benzene rings is 2. The lowest BCUT2D eigenvalue weighted by atomic mass is 10.1. The minimum absolute atomic E-state index is 0.0851. The van der Waals surface area contributed by atoms with Crippen molar-refractivity contribution in [3.05, 3.63) is 81.4 Å². The van der Waals surface area contributed by atoms with Crippen molar-refractivity contribution in [3.63, 3.8) is 0 Å². The van der Waals surface area contributed by atoms with Crippen molar-refractivity contribution in [2.24, 2.45) is 0 Å². The van der Waals surface area contributed by atoms with E-state index in [2.05, 4.69) is 63.5 Å². The number of pyridine rings is 1. The molecule has 9 nitrogen and oxygen atoms in total. The number of tetrazole rings is 1. The van der Waals surface area contributed by atoms with Gasteiger partial charge in [-0.25, -0.2) is 4.68 Å². The molecule has 2 atom stereocenters. The highest BCUT2D eigenvalue weighted by Crippen LogP contribution is 2.28. The number of aromatic nitrogens is 5. The summed E-state index contributed by atoms with van der Waals surface area (Å²) < 4.78 is 13.1. The van der Waals surface area contributed by atoms with Crippen molar-refractivity contribution < 1.29 is 9.47 Å². The Morgan fingerprint density at radius 2 is 2.03 bits per heavy atom. The van der Waals surface area contributed by atoms with Gasteiger partial charge in [-0.1, -0.05) is 36.8 Å². The van der Waals surface area contributed by atoms with E-state index in [-0.39, 0.29) is 17.7 Å². The summed E-state index contributed by atoms with van der Waals surface area (Å²) in [6.07, 6.45) is 2.99. The first-order chi connectivity index (χ1) is 18.0. The molecular formula is C28H34N6O3. The second-order valence-corrected chi connectivity index (χ2v) is 9.75. The van der Waals surface area contributed by atoms with Crippen LogP contribution < -0.4 is 10.3 Å². The van der Waals surface area contributed by atoms with Crippen LogP contribution in [0.3, 0.4) is 0 Å². The van der Waals surface area contributed by atoms with E-state index in [4.69, 9.17) is 9.47 Å². The van der Waals surface area contributed by atoms with Gasteiger partial charge >= 0.3 is 0 Å². The first-order valence-corrected chi connectivity index (χ1v) is 12.9. The van der Waals surface area contributed by atoms with Gasteiger partial charge in [0, 0.05) is 36.2 Å². The number of fused-ring (bicyclic) bond motifs is 1. The number of H-pyrrole nitrogens is 1. The molecule has 0 bridgehead atoms. The number of hydrogen-bond donors (Lipinski definition) is 1. The lowest BCUT2D eigenvalue weighted by Gasteiger charge is -2.30. The monoisotopic (exact) mass is 502 g/mol. The molecule has 1 saturated heterocycles. The number of methoxy groups -OCH3 is 1. The first-order valence-electron chi connectivity index (χ1n) is 12.9. The van der Waals surface area contributed by atoms with E-state index in [0.717, 1.165) is 48.3 Å². The largest absolute Gasteiger partial charge is 0.497 e. The molecule has 0 saturated carbocycles. The normalized spacial score (nSPS) is 16.5. The third kappa shape index (κ3) is 5.73. The summed E-state index contributed by atoms with van der Waals surface area (Å²) in [5.41, 5.74) is 3.75. The van der Waals surface area contributed by atoms with Crippen LogP contribution in [0, 0.1) is 6.92 Å². The minimum Gasteiger partial charge on any atom is -0.497 e. The Kier molecular flexibility index (Phi) is 7.62. The Balaban J connectivity index is 1.50. The smallest absolute Gasteiger partial charge is 0.252 e. The van der Waals surface area contributed by atoms with Gasteiger partial charge < -0.3 is 14.5 Å². The van der Waals surface area contributed by atoms with Gasteiger partial charge in [0.1, 0.15) is 5.75 Å². The number of hydrogen-bond acceptors (Lipinski definition) is 7. The molecule has 1 N–H and O–H groups in total. The highest BCUT2D eigenvalue weighted by atomic mass is 16.5. The molecule has 4 aromatic rings. The highest BCUT2D eigenvalue weighted by Gasteiger charge is 2.28. The fraction of sp³-hybridized carbons (Fsp3) is 0.429. The van der Waals surface area contributed by atoms with Crippen molar-refractivity contribution in [2.45, 2.75) is 64.9 Å². The zero-order chi connectivity index (χ0) is 25.8. The molecule has 5 rings (SSSR count). The molecular weight excluding hydrogens is 468 g/mol. The second-order valence-electron chi connectivity index (χ2n) is 9.75. The van der Waals surface area contributed by atoms with Crippen LogP contribution in [0.1, 0.15) is 54.7 Å². The van der Waals surface area contributed by atoms with Gasteiger partial charge in [-0.05, 0) is 66.4 Å². The van der Waals surface area contributed by atoms with Crippen LogP contribution in [0.2, 0.25) is 0 Å². The lowest BCUT2D eigenvalue weighted by molar-refractivity contribution is 0.0888. The Bertz CT molecular complexity index is 1390. The van der Waals surface area contributed by atoms with Crippen molar-refractivity contribution in [1.29, 1.82) is 0 Å². The van der Waals surface area contributed by atoms with E-state index in [1.165, 1.54) is 11.1 Å². The van der Waals surface area contributed by atoms with Gasteiger partial charge in [-0.2, -0.15) is 0 Å². The summed E-state index contributed by atoms with van der Waals surface area (Å²) in [7, 11) is 1.64. The van der Waals surface area contributed by atoms with Gasteiger partial charge in [0.25, 0.3) is 5.56 Å². The molecule has 0 unspecified atom stereocenters. The average molecular weight is 503 g/mol. The van der Waals surface area contributed by atoms with Crippen LogP contribution in [-0.2, 0) is 24.4 Å². The van der Waals surface area contributed by atoms with Crippen LogP contribution in [-0.4, -0.2) is 49.9 Å². The lowest BCUT2D eigenvalue weighted by Crippen LogP contribution is -2.33. The third-order valence-corrected chi connectivity index (χ3v) is 7.09. The fourth-order valence-corrected chi connectivity index (χ4v) is 5.06. The van der Waals surface area contributed by atoms with E-state index < -0.39 is 0 Å². The van der Waals surface area contributed by atoms with Gasteiger partial charge in [-0.3, -0.25) is 9.69 Å². The van der Waals surface area contributed by atoms with Crippen LogP contribution >= 0.6 is 0 Å². The zero-order valence-corrected chi connectivity index (χ0v) is 21.7. The molecule has 2 aromatic heterocycles. The summed E-state index contributed by atoms with van der Waals surface area (Å²) in [5, 5.41) is 13.7. The van der Waals surface area contributed by atoms with Crippen molar-refractivity contribution in [1.82, 2.24) is 30.1 Å². The SMILES string of the molecule is CC[C@H](c1nnnn1C[C@H]1CCCO1)N(Cc1ccc(C)cc1)Cc1cc2cc(OC)ccc2[nH]c1=O. The number of ether oxygens (including phenoxy) is 2. The molecule has 2 aromatic carbocycles. The number of aromatic amines is 1. The Morgan fingerprint density at radius 1 is 1.19 bits per heavy atom. The van der Waals surface area contributed by atoms with E-state index in [1.54, 1.807) is 7.11 Å². The Labute approximate surface area is 216 Å². The van der Waals surface area contributed by atoms with Crippen LogP contribution in [0.15, 0.2) is 53.3 Å². The number of nitrogens with zero attached hydrogens (tertiary/aromatic N) is 5. The molecule has 0 radical (unpaired) electrons. The summed E-state index contributed by atoms with van der Waals surface area (Å²) >= 11 is 0. The molecule has 1 fully saturated rings. The van der Waals surface area contributed by atoms with Crippen LogP contribution in [0.4, 0.5) is 0 Å². The number of nitrogens with one attached hydrogen (secondary N) is 1. The maximum absolute atomic E-state index is 13.1. The molecule has 9 heteroatoms. The predicted octanol–water partition coefficient (Wildman–Crippen LogP) is 4.16. The highest BCUT2D eigenvalue weighted by molar-refractivity contribution is 5.80. The average Bonchev–Trinajstić information content (AvgIpc) is 3.59. The summed E-state index contributed by atoms with van der Waals surface area (Å²) in [5.74, 6) is 1.55. The van der Waals surface area contributed by atoms with Gasteiger partial charge in [0.05, 0.1) is 25.8 Å². The topological polar surface area (TPSA) is 98.2 Å². The molecule has 0 spiro atoms. The van der Waals surface area contributed by atoms with Gasteiger partial charge in [0.2, 0.25) is 0 Å². The summed E-state index contributed by atoms with van der Waals surface area (Å²) in [6.45, 7) is 6.73. The minimum atomic E-state index is -0.0969. The van der Waals surface area contributed by atoms with Crippen molar-refractivity contribution in [3.8, 4) is 5.75 Å². The van der Waals surface area contributed by atoms with E-state index in [1.807, 2.05) is 28.9 Å². The first kappa shape index (κ1) is 25.1. The predicted molar refractivity (Wildman–Crippen MR) is 141 cm³/mol. The Morgan fingerprint density at radius 3 is 2.76 bits per heavy atom. The Hall–Kier alpha value is -3.56. The maximum atomic E-state index is 13.1. The summed E-state index contributed by atoms with van der Waals surface area (Å²) in [6, 6.07) is 16.0. The third-order valence-electron chi connectivity index (χ3n) is 7.09. The van der Waals surface area contributed by atoms with E-state index in [9.17, 15) is 4.79 Å². The molecule has 3 heterocycles. The quantitative estimate of drug-likeness (QED) is 0.348. The fourth-order valence-electron chi connectivity index (χ4n) is 5.06. The molecule has 0 amide bonds. The van der Waals surface area contributed by atoms with Crippen LogP contribution in [0.5, 0.6) is 5.75 Å². The van der Waals surface area contributed by atoms with E-state index in [0.29, 0.717) is 25.2 Å². The standard InChI is InChI=1S/C28H34N6O3/c1-4-26(27-30-31-32-34(27)18-24-6-5-13-37-24)33(16-20-9-7-19(2)8-10-20)17-22-14-21-15-23(36-3)11-12-25(21)29-28(22)35/h7-12,14-15,24,26H,4-6,13,16-18H2,1-3H3,(H,29,35)/t24-,26-/m1/s1. The number of aryl methyl sites for hydroxylation is 1. The van der Waals surface area contributed by atoms with Crippen molar-refractivity contribution in [2.75, 3.05) is 13.7 Å². The molecule has 37 heavy (non-hydrogen) atoms. The summed E-state index contributed by atoms with van der Waals surface area (Å²) in [4.78, 5) is 18.5. The molecule has 194 valence electrons. The van der Waals surface area contributed by atoms with Crippen LogP contribution in [0.25, 0.3) is 10.9 Å². The maximum Gasteiger partial charge on any atom is 0.252 e.